The monoisotopic (exact) mass is 416 g/mol. The van der Waals surface area contributed by atoms with E-state index in [4.69, 9.17) is 4.98 Å². The third-order valence-corrected chi connectivity index (χ3v) is 5.45. The minimum atomic E-state index is -0.248. The SMILES string of the molecule is Cc1cccc(-n2cc(-c3ccccc3)nc2NC(=O)CN(C(=O)C2CC2)C(C)C)c1. The summed E-state index contributed by atoms with van der Waals surface area (Å²) in [6, 6.07) is 17.9. The van der Waals surface area contributed by atoms with Gasteiger partial charge in [-0.1, -0.05) is 42.5 Å². The summed E-state index contributed by atoms with van der Waals surface area (Å²) in [5, 5.41) is 2.94. The molecule has 1 aliphatic carbocycles. The highest BCUT2D eigenvalue weighted by atomic mass is 16.2. The Hall–Kier alpha value is -3.41. The molecule has 6 nitrogen and oxygen atoms in total. The number of carbonyl (C=O) groups is 2. The van der Waals surface area contributed by atoms with Crippen molar-refractivity contribution in [3.8, 4) is 16.9 Å². The predicted molar refractivity (Wildman–Crippen MR) is 122 cm³/mol. The number of nitrogens with one attached hydrogen (secondary N) is 1. The zero-order chi connectivity index (χ0) is 22.0. The van der Waals surface area contributed by atoms with Crippen molar-refractivity contribution in [2.45, 2.75) is 39.7 Å². The summed E-state index contributed by atoms with van der Waals surface area (Å²) < 4.78 is 1.88. The van der Waals surface area contributed by atoms with Crippen LogP contribution in [0.5, 0.6) is 0 Å². The number of amides is 2. The fraction of sp³-hybridized carbons (Fsp3) is 0.320. The van der Waals surface area contributed by atoms with Gasteiger partial charge in [0.15, 0.2) is 0 Å². The summed E-state index contributed by atoms with van der Waals surface area (Å²) in [4.78, 5) is 31.8. The lowest BCUT2D eigenvalue weighted by molar-refractivity contribution is -0.137. The van der Waals surface area contributed by atoms with Crippen LogP contribution < -0.4 is 5.32 Å². The maximum atomic E-state index is 12.9. The Labute approximate surface area is 182 Å². The second kappa shape index (κ2) is 8.76. The first kappa shape index (κ1) is 20.8. The van der Waals surface area contributed by atoms with Gasteiger partial charge in [-0.3, -0.25) is 19.5 Å². The van der Waals surface area contributed by atoms with E-state index < -0.39 is 0 Å². The molecule has 0 aliphatic heterocycles. The van der Waals surface area contributed by atoms with E-state index in [-0.39, 0.29) is 30.3 Å². The van der Waals surface area contributed by atoms with Gasteiger partial charge in [-0.2, -0.15) is 0 Å². The number of hydrogen-bond donors (Lipinski definition) is 1. The fourth-order valence-corrected chi connectivity index (χ4v) is 3.59. The molecule has 160 valence electrons. The highest BCUT2D eigenvalue weighted by Crippen LogP contribution is 2.31. The number of benzene rings is 2. The first-order chi connectivity index (χ1) is 14.9. The van der Waals surface area contributed by atoms with Crippen LogP contribution in [0.4, 0.5) is 5.95 Å². The molecule has 4 rings (SSSR count). The average Bonchev–Trinajstić information content (AvgIpc) is 3.52. The van der Waals surface area contributed by atoms with Gasteiger partial charge in [0.2, 0.25) is 17.8 Å². The van der Waals surface area contributed by atoms with Gasteiger partial charge < -0.3 is 4.90 Å². The second-order valence-electron chi connectivity index (χ2n) is 8.41. The molecule has 1 saturated carbocycles. The van der Waals surface area contributed by atoms with Gasteiger partial charge in [0.05, 0.1) is 5.69 Å². The molecule has 2 aromatic carbocycles. The summed E-state index contributed by atoms with van der Waals surface area (Å²) in [6.45, 7) is 5.93. The number of imidazole rings is 1. The van der Waals surface area contributed by atoms with Crippen LogP contribution in [0.1, 0.15) is 32.3 Å². The minimum Gasteiger partial charge on any atom is -0.331 e. The van der Waals surface area contributed by atoms with Crippen LogP contribution in [0.3, 0.4) is 0 Å². The van der Waals surface area contributed by atoms with E-state index in [1.165, 1.54) is 0 Å². The first-order valence-electron chi connectivity index (χ1n) is 10.7. The molecule has 0 spiro atoms. The molecule has 0 atom stereocenters. The Kier molecular flexibility index (Phi) is 5.89. The maximum absolute atomic E-state index is 12.9. The van der Waals surface area contributed by atoms with E-state index in [0.29, 0.717) is 5.95 Å². The smallest absolute Gasteiger partial charge is 0.246 e. The van der Waals surface area contributed by atoms with Crippen molar-refractivity contribution in [3.63, 3.8) is 0 Å². The Morgan fingerprint density at radius 3 is 2.52 bits per heavy atom. The molecule has 2 amide bonds. The lowest BCUT2D eigenvalue weighted by Gasteiger charge is -2.26. The first-order valence-corrected chi connectivity index (χ1v) is 10.7. The molecule has 6 heteroatoms. The highest BCUT2D eigenvalue weighted by molar-refractivity contribution is 5.94. The van der Waals surface area contributed by atoms with E-state index in [1.807, 2.05) is 86.1 Å². The fourth-order valence-electron chi connectivity index (χ4n) is 3.59. The van der Waals surface area contributed by atoms with Gasteiger partial charge in [0.1, 0.15) is 6.54 Å². The Morgan fingerprint density at radius 2 is 1.87 bits per heavy atom. The number of carbonyl (C=O) groups excluding carboxylic acids is 2. The van der Waals surface area contributed by atoms with Crippen molar-refractivity contribution < 1.29 is 9.59 Å². The van der Waals surface area contributed by atoms with Gasteiger partial charge in [-0.15, -0.1) is 0 Å². The second-order valence-corrected chi connectivity index (χ2v) is 8.41. The molecule has 0 unspecified atom stereocenters. The van der Waals surface area contributed by atoms with E-state index in [9.17, 15) is 9.59 Å². The van der Waals surface area contributed by atoms with E-state index in [0.717, 1.165) is 35.3 Å². The van der Waals surface area contributed by atoms with Crippen LogP contribution in [0, 0.1) is 12.8 Å². The molecule has 31 heavy (non-hydrogen) atoms. The summed E-state index contributed by atoms with van der Waals surface area (Å²) in [5.41, 5.74) is 3.77. The summed E-state index contributed by atoms with van der Waals surface area (Å²) in [7, 11) is 0. The highest BCUT2D eigenvalue weighted by Gasteiger charge is 2.35. The number of rotatable bonds is 7. The molecule has 0 saturated heterocycles. The lowest BCUT2D eigenvalue weighted by atomic mass is 10.2. The molecular weight excluding hydrogens is 388 g/mol. The molecule has 0 radical (unpaired) electrons. The zero-order valence-corrected chi connectivity index (χ0v) is 18.2. The van der Waals surface area contributed by atoms with Gasteiger partial charge >= 0.3 is 0 Å². The normalized spacial score (nSPS) is 13.3. The largest absolute Gasteiger partial charge is 0.331 e. The summed E-state index contributed by atoms with van der Waals surface area (Å²) in [5.74, 6) is 0.338. The van der Waals surface area contributed by atoms with Crippen molar-refractivity contribution >= 4 is 17.8 Å². The van der Waals surface area contributed by atoms with E-state index >= 15 is 0 Å². The van der Waals surface area contributed by atoms with Crippen LogP contribution in [-0.4, -0.2) is 38.9 Å². The van der Waals surface area contributed by atoms with Crippen molar-refractivity contribution in [2.24, 2.45) is 5.92 Å². The topological polar surface area (TPSA) is 67.2 Å². The molecular formula is C25H28N4O2. The third-order valence-electron chi connectivity index (χ3n) is 5.45. The average molecular weight is 417 g/mol. The standard InChI is InChI=1S/C25H28N4O2/c1-17(2)28(24(31)20-12-13-20)16-23(30)27-25-26-22(19-9-5-4-6-10-19)15-29(25)21-11-7-8-18(3)14-21/h4-11,14-15,17,20H,12-13,16H2,1-3H3,(H,26,27,30). The van der Waals surface area contributed by atoms with Crippen LogP contribution in [0.2, 0.25) is 0 Å². The minimum absolute atomic E-state index is 0.0222. The molecule has 1 fully saturated rings. The zero-order valence-electron chi connectivity index (χ0n) is 18.2. The number of aryl methyl sites for hydroxylation is 1. The number of anilines is 1. The lowest BCUT2D eigenvalue weighted by Crippen LogP contribution is -2.43. The Morgan fingerprint density at radius 1 is 1.13 bits per heavy atom. The molecule has 1 aliphatic rings. The van der Waals surface area contributed by atoms with E-state index in [1.54, 1.807) is 4.90 Å². The van der Waals surface area contributed by atoms with Gasteiger partial charge in [0.25, 0.3) is 0 Å². The maximum Gasteiger partial charge on any atom is 0.246 e. The molecule has 1 heterocycles. The molecule has 0 bridgehead atoms. The quantitative estimate of drug-likeness (QED) is 0.619. The van der Waals surface area contributed by atoms with Crippen LogP contribution in [-0.2, 0) is 9.59 Å². The number of aromatic nitrogens is 2. The summed E-state index contributed by atoms with van der Waals surface area (Å²) >= 11 is 0. The van der Waals surface area contributed by atoms with Crippen molar-refractivity contribution in [1.29, 1.82) is 0 Å². The molecule has 1 aromatic heterocycles. The van der Waals surface area contributed by atoms with Crippen molar-refractivity contribution in [2.75, 3.05) is 11.9 Å². The number of hydrogen-bond acceptors (Lipinski definition) is 3. The number of nitrogens with zero attached hydrogens (tertiary/aromatic N) is 3. The van der Waals surface area contributed by atoms with Gasteiger partial charge in [0, 0.05) is 29.4 Å². The van der Waals surface area contributed by atoms with Crippen LogP contribution in [0.15, 0.2) is 60.8 Å². The Bertz CT molecular complexity index is 1080. The van der Waals surface area contributed by atoms with E-state index in [2.05, 4.69) is 5.32 Å². The van der Waals surface area contributed by atoms with Crippen LogP contribution in [0.25, 0.3) is 16.9 Å². The molecule has 1 N–H and O–H groups in total. The van der Waals surface area contributed by atoms with Crippen LogP contribution >= 0.6 is 0 Å². The third kappa shape index (κ3) is 4.85. The van der Waals surface area contributed by atoms with Crippen molar-refractivity contribution in [3.05, 3.63) is 66.4 Å². The Balaban J connectivity index is 1.62. The van der Waals surface area contributed by atoms with Crippen molar-refractivity contribution in [1.82, 2.24) is 14.5 Å². The molecule has 3 aromatic rings. The summed E-state index contributed by atoms with van der Waals surface area (Å²) in [6.07, 6.45) is 3.76. The van der Waals surface area contributed by atoms with Gasteiger partial charge in [-0.25, -0.2) is 4.98 Å². The predicted octanol–water partition coefficient (Wildman–Crippen LogP) is 4.43. The van der Waals surface area contributed by atoms with Gasteiger partial charge in [-0.05, 0) is 51.3 Å².